The molecule has 6 heteroatoms. The monoisotopic (exact) mass is 225 g/mol. The quantitative estimate of drug-likeness (QED) is 0.825. The molecule has 15 heavy (non-hydrogen) atoms. The van der Waals surface area contributed by atoms with Crippen molar-refractivity contribution < 1.29 is 0 Å². The van der Waals surface area contributed by atoms with Gasteiger partial charge < -0.3 is 10.3 Å². The highest BCUT2D eigenvalue weighted by Crippen LogP contribution is 2.24. The van der Waals surface area contributed by atoms with Crippen LogP contribution in [-0.4, -0.2) is 19.3 Å². The summed E-state index contributed by atoms with van der Waals surface area (Å²) >= 11 is 6.01. The van der Waals surface area contributed by atoms with Crippen LogP contribution < -0.4 is 5.73 Å². The second-order valence-electron chi connectivity index (χ2n) is 3.38. The van der Waals surface area contributed by atoms with Crippen LogP contribution in [0, 0.1) is 0 Å². The molecule has 0 spiro atoms. The standard InChI is InChI=1S/C9H12ClN5/c1-14-4-3-12-9(14)7(11)8-6(10)5-13-15(8)2/h3-5,7H,11H2,1-2H3. The Balaban J connectivity index is 2.45. The molecule has 2 rings (SSSR count). The third kappa shape index (κ3) is 1.64. The molecule has 2 heterocycles. The molecule has 0 aromatic carbocycles. The van der Waals surface area contributed by atoms with Gasteiger partial charge in [0.15, 0.2) is 0 Å². The summed E-state index contributed by atoms with van der Waals surface area (Å²) < 4.78 is 3.54. The van der Waals surface area contributed by atoms with Crippen LogP contribution in [0.3, 0.4) is 0 Å². The zero-order chi connectivity index (χ0) is 11.0. The van der Waals surface area contributed by atoms with E-state index in [0.29, 0.717) is 5.02 Å². The van der Waals surface area contributed by atoms with Gasteiger partial charge >= 0.3 is 0 Å². The Morgan fingerprint density at radius 2 is 2.20 bits per heavy atom. The smallest absolute Gasteiger partial charge is 0.131 e. The predicted molar refractivity (Wildman–Crippen MR) is 57.5 cm³/mol. The van der Waals surface area contributed by atoms with Crippen LogP contribution in [0.1, 0.15) is 17.6 Å². The molecule has 80 valence electrons. The summed E-state index contributed by atoms with van der Waals surface area (Å²) in [6.07, 6.45) is 5.14. The number of halogens is 1. The van der Waals surface area contributed by atoms with Crippen molar-refractivity contribution in [1.82, 2.24) is 19.3 Å². The maximum absolute atomic E-state index is 6.08. The summed E-state index contributed by atoms with van der Waals surface area (Å²) in [5.74, 6) is 0.764. The van der Waals surface area contributed by atoms with E-state index in [-0.39, 0.29) is 6.04 Å². The molecule has 5 nitrogen and oxygen atoms in total. The number of aromatic nitrogens is 4. The van der Waals surface area contributed by atoms with E-state index in [1.54, 1.807) is 17.1 Å². The van der Waals surface area contributed by atoms with Gasteiger partial charge in [-0.1, -0.05) is 11.6 Å². The largest absolute Gasteiger partial charge is 0.336 e. The molecular formula is C9H12ClN5. The highest BCUT2D eigenvalue weighted by Gasteiger charge is 2.19. The van der Waals surface area contributed by atoms with E-state index in [9.17, 15) is 0 Å². The summed E-state index contributed by atoms with van der Waals surface area (Å²) in [5, 5.41) is 4.61. The molecule has 0 aliphatic rings. The first-order chi connectivity index (χ1) is 7.11. The van der Waals surface area contributed by atoms with E-state index in [2.05, 4.69) is 10.1 Å². The van der Waals surface area contributed by atoms with Crippen LogP contribution in [0.4, 0.5) is 0 Å². The second kappa shape index (κ2) is 3.67. The summed E-state index contributed by atoms with van der Waals surface area (Å²) in [5.41, 5.74) is 6.85. The fourth-order valence-electron chi connectivity index (χ4n) is 1.57. The Labute approximate surface area is 92.5 Å². The topological polar surface area (TPSA) is 61.7 Å². The second-order valence-corrected chi connectivity index (χ2v) is 3.78. The highest BCUT2D eigenvalue weighted by atomic mass is 35.5. The number of nitrogens with zero attached hydrogens (tertiary/aromatic N) is 4. The van der Waals surface area contributed by atoms with E-state index in [1.807, 2.05) is 24.9 Å². The van der Waals surface area contributed by atoms with Gasteiger partial charge in [0, 0.05) is 26.5 Å². The van der Waals surface area contributed by atoms with Crippen molar-refractivity contribution in [3.63, 3.8) is 0 Å². The average molecular weight is 226 g/mol. The summed E-state index contributed by atoms with van der Waals surface area (Å²) in [7, 11) is 3.70. The zero-order valence-corrected chi connectivity index (χ0v) is 9.31. The number of nitrogens with two attached hydrogens (primary N) is 1. The lowest BCUT2D eigenvalue weighted by molar-refractivity contribution is 0.632. The lowest BCUT2D eigenvalue weighted by Crippen LogP contribution is -2.20. The molecule has 0 radical (unpaired) electrons. The SMILES string of the molecule is Cn1ccnc1C(N)c1c(Cl)cnn1C. The highest BCUT2D eigenvalue weighted by molar-refractivity contribution is 6.31. The van der Waals surface area contributed by atoms with E-state index < -0.39 is 0 Å². The number of aryl methyl sites for hydroxylation is 2. The Kier molecular flexibility index (Phi) is 2.50. The molecule has 2 aromatic rings. The van der Waals surface area contributed by atoms with Crippen molar-refractivity contribution in [1.29, 1.82) is 0 Å². The van der Waals surface area contributed by atoms with Crippen LogP contribution in [0.5, 0.6) is 0 Å². The van der Waals surface area contributed by atoms with Crippen molar-refractivity contribution >= 4 is 11.6 Å². The minimum absolute atomic E-state index is 0.356. The van der Waals surface area contributed by atoms with Crippen molar-refractivity contribution in [3.8, 4) is 0 Å². The Morgan fingerprint density at radius 3 is 2.67 bits per heavy atom. The molecule has 1 unspecified atom stereocenters. The minimum atomic E-state index is -0.356. The van der Waals surface area contributed by atoms with Gasteiger partial charge in [-0.2, -0.15) is 5.10 Å². The van der Waals surface area contributed by atoms with Gasteiger partial charge in [-0.05, 0) is 0 Å². The number of hydrogen-bond donors (Lipinski definition) is 1. The summed E-state index contributed by atoms with van der Waals surface area (Å²) in [6, 6.07) is -0.356. The predicted octanol–water partition coefficient (Wildman–Crippen LogP) is 0.855. The zero-order valence-electron chi connectivity index (χ0n) is 8.55. The van der Waals surface area contributed by atoms with Crippen molar-refractivity contribution in [2.75, 3.05) is 0 Å². The van der Waals surface area contributed by atoms with Gasteiger partial charge in [0.25, 0.3) is 0 Å². The molecule has 2 aromatic heterocycles. The van der Waals surface area contributed by atoms with Crippen LogP contribution in [0.2, 0.25) is 5.02 Å². The third-order valence-electron chi connectivity index (χ3n) is 2.37. The van der Waals surface area contributed by atoms with Crippen LogP contribution in [-0.2, 0) is 14.1 Å². The van der Waals surface area contributed by atoms with Crippen molar-refractivity contribution in [2.24, 2.45) is 19.8 Å². The molecular weight excluding hydrogens is 214 g/mol. The normalized spacial score (nSPS) is 13.1. The van der Waals surface area contributed by atoms with Crippen molar-refractivity contribution in [2.45, 2.75) is 6.04 Å². The minimum Gasteiger partial charge on any atom is -0.336 e. The first-order valence-corrected chi connectivity index (χ1v) is 4.89. The van der Waals surface area contributed by atoms with Gasteiger partial charge in [-0.3, -0.25) is 4.68 Å². The molecule has 0 bridgehead atoms. The molecule has 0 saturated carbocycles. The lowest BCUT2D eigenvalue weighted by atomic mass is 10.2. The Bertz CT molecular complexity index is 453. The first-order valence-electron chi connectivity index (χ1n) is 4.51. The molecule has 0 amide bonds. The van der Waals surface area contributed by atoms with Gasteiger partial charge in [-0.25, -0.2) is 4.98 Å². The Morgan fingerprint density at radius 1 is 1.47 bits per heavy atom. The number of rotatable bonds is 2. The molecule has 2 N–H and O–H groups in total. The molecule has 0 saturated heterocycles. The van der Waals surface area contributed by atoms with E-state index in [4.69, 9.17) is 17.3 Å². The van der Waals surface area contributed by atoms with Gasteiger partial charge in [-0.15, -0.1) is 0 Å². The van der Waals surface area contributed by atoms with E-state index in [1.165, 1.54) is 0 Å². The summed E-state index contributed by atoms with van der Waals surface area (Å²) in [4.78, 5) is 4.19. The van der Waals surface area contributed by atoms with Crippen LogP contribution in [0.25, 0.3) is 0 Å². The number of imidazole rings is 1. The molecule has 0 fully saturated rings. The van der Waals surface area contributed by atoms with Gasteiger partial charge in [0.2, 0.25) is 0 Å². The van der Waals surface area contributed by atoms with Crippen LogP contribution >= 0.6 is 11.6 Å². The van der Waals surface area contributed by atoms with Crippen molar-refractivity contribution in [3.05, 3.63) is 35.1 Å². The maximum atomic E-state index is 6.08. The fraction of sp³-hybridized carbons (Fsp3) is 0.333. The van der Waals surface area contributed by atoms with E-state index >= 15 is 0 Å². The fourth-order valence-corrected chi connectivity index (χ4v) is 1.85. The van der Waals surface area contributed by atoms with E-state index in [0.717, 1.165) is 11.5 Å². The van der Waals surface area contributed by atoms with Gasteiger partial charge in [0.05, 0.1) is 16.9 Å². The summed E-state index contributed by atoms with van der Waals surface area (Å²) in [6.45, 7) is 0. The molecule has 0 aliphatic heterocycles. The molecule has 0 aliphatic carbocycles. The van der Waals surface area contributed by atoms with Crippen LogP contribution in [0.15, 0.2) is 18.6 Å². The Hall–Kier alpha value is -1.33. The third-order valence-corrected chi connectivity index (χ3v) is 2.66. The van der Waals surface area contributed by atoms with Gasteiger partial charge in [0.1, 0.15) is 11.9 Å². The first kappa shape index (κ1) is 10.2. The molecule has 1 atom stereocenters. The number of hydrogen-bond acceptors (Lipinski definition) is 3. The maximum Gasteiger partial charge on any atom is 0.131 e. The average Bonchev–Trinajstić information content (AvgIpc) is 2.73. The lowest BCUT2D eigenvalue weighted by Gasteiger charge is -2.12.